The minimum atomic E-state index is 0. The molecule has 0 aliphatic carbocycles. The molecule has 3 heteroatoms. The van der Waals surface area contributed by atoms with Crippen molar-refractivity contribution in [1.29, 1.82) is 0 Å². The first-order chi connectivity index (χ1) is 10.5. The Kier molecular flexibility index (Phi) is 5.30. The van der Waals surface area contributed by atoms with Crippen LogP contribution in [0.1, 0.15) is 25.0 Å². The van der Waals surface area contributed by atoms with Crippen LogP contribution < -0.4 is 28.7 Å². The topological polar surface area (TPSA) is 12.2 Å². The van der Waals surface area contributed by atoms with Crippen molar-refractivity contribution in [3.63, 3.8) is 0 Å². The highest BCUT2D eigenvalue weighted by atomic mass is 127. The molecular formula is C20H22INO. The van der Waals surface area contributed by atoms with Gasteiger partial charge in [0.05, 0.1) is 12.5 Å². The fourth-order valence-corrected chi connectivity index (χ4v) is 3.19. The lowest BCUT2D eigenvalue weighted by Gasteiger charge is -2.15. The molecule has 0 saturated carbocycles. The van der Waals surface area contributed by atoms with Crippen molar-refractivity contribution in [2.45, 2.75) is 19.3 Å². The highest BCUT2D eigenvalue weighted by Gasteiger charge is 2.42. The molecule has 0 atom stereocenters. The highest BCUT2D eigenvalue weighted by molar-refractivity contribution is 6.05. The zero-order valence-corrected chi connectivity index (χ0v) is 16.2. The van der Waals surface area contributed by atoms with Crippen molar-refractivity contribution in [3.05, 3.63) is 65.7 Å². The van der Waals surface area contributed by atoms with Crippen molar-refractivity contribution in [3.8, 4) is 5.75 Å². The van der Waals surface area contributed by atoms with Gasteiger partial charge in [0.25, 0.3) is 0 Å². The number of ether oxygens (including phenoxy) is 1. The van der Waals surface area contributed by atoms with Gasteiger partial charge in [0.1, 0.15) is 12.8 Å². The van der Waals surface area contributed by atoms with E-state index in [1.165, 1.54) is 22.5 Å². The monoisotopic (exact) mass is 419 g/mol. The van der Waals surface area contributed by atoms with Crippen molar-refractivity contribution < 1.29 is 33.3 Å². The standard InChI is InChI=1S/C20H22NO.HI/c1-20(2)17-7-5-6-8-18(17)21(3)19(20)14-11-15-9-12-16(22-4)13-10-15;/h5-14H,1-4H3;1H/q+1;/p-1/b14-11+;. The van der Waals surface area contributed by atoms with Gasteiger partial charge in [-0.25, -0.2) is 0 Å². The molecule has 0 unspecified atom stereocenters. The Morgan fingerprint density at radius 3 is 2.22 bits per heavy atom. The molecule has 2 aromatic carbocycles. The van der Waals surface area contributed by atoms with Crippen LogP contribution in [0.3, 0.4) is 0 Å². The van der Waals surface area contributed by atoms with Gasteiger partial charge < -0.3 is 28.7 Å². The van der Waals surface area contributed by atoms with Gasteiger partial charge >= 0.3 is 0 Å². The Morgan fingerprint density at radius 1 is 0.957 bits per heavy atom. The van der Waals surface area contributed by atoms with Crippen LogP contribution in [-0.4, -0.2) is 24.4 Å². The molecule has 3 rings (SSSR count). The Morgan fingerprint density at radius 2 is 1.61 bits per heavy atom. The zero-order chi connectivity index (χ0) is 15.7. The molecule has 2 aromatic rings. The summed E-state index contributed by atoms with van der Waals surface area (Å²) in [5.74, 6) is 0.885. The predicted molar refractivity (Wildman–Crippen MR) is 92.3 cm³/mol. The van der Waals surface area contributed by atoms with Crippen LogP contribution in [0.2, 0.25) is 0 Å². The molecular weight excluding hydrogens is 397 g/mol. The third-order valence-electron chi connectivity index (χ3n) is 4.49. The number of allylic oxidation sites excluding steroid dienone is 1. The first-order valence-electron chi connectivity index (χ1n) is 7.57. The molecule has 0 saturated heterocycles. The average Bonchev–Trinajstić information content (AvgIpc) is 2.73. The number of hydrogen-bond acceptors (Lipinski definition) is 1. The van der Waals surface area contributed by atoms with E-state index in [2.05, 4.69) is 74.0 Å². The lowest BCUT2D eigenvalue weighted by atomic mass is 9.81. The van der Waals surface area contributed by atoms with Crippen LogP contribution in [0.25, 0.3) is 6.08 Å². The van der Waals surface area contributed by atoms with Gasteiger partial charge in [0.15, 0.2) is 5.71 Å². The third-order valence-corrected chi connectivity index (χ3v) is 4.49. The fraction of sp³-hybridized carbons (Fsp3) is 0.250. The fourth-order valence-electron chi connectivity index (χ4n) is 3.19. The number of para-hydroxylation sites is 1. The molecule has 23 heavy (non-hydrogen) atoms. The molecule has 0 spiro atoms. The van der Waals surface area contributed by atoms with E-state index in [9.17, 15) is 0 Å². The zero-order valence-electron chi connectivity index (χ0n) is 14.0. The lowest BCUT2D eigenvalue weighted by Crippen LogP contribution is -3.00. The number of nitrogens with zero attached hydrogens (tertiary/aromatic N) is 1. The summed E-state index contributed by atoms with van der Waals surface area (Å²) in [5, 5.41) is 0. The summed E-state index contributed by atoms with van der Waals surface area (Å²) >= 11 is 0. The number of hydrogen-bond donors (Lipinski definition) is 0. The summed E-state index contributed by atoms with van der Waals surface area (Å²) < 4.78 is 7.49. The second-order valence-electron chi connectivity index (χ2n) is 6.19. The molecule has 0 bridgehead atoms. The number of rotatable bonds is 3. The number of benzene rings is 2. The molecule has 0 aromatic heterocycles. The molecule has 1 aliphatic rings. The first kappa shape index (κ1) is 17.7. The van der Waals surface area contributed by atoms with E-state index in [1.54, 1.807) is 7.11 Å². The number of fused-ring (bicyclic) bond motifs is 1. The minimum absolute atomic E-state index is 0. The maximum absolute atomic E-state index is 5.20. The number of methoxy groups -OCH3 is 1. The van der Waals surface area contributed by atoms with E-state index in [-0.39, 0.29) is 29.4 Å². The molecule has 1 aliphatic heterocycles. The summed E-state index contributed by atoms with van der Waals surface area (Å²) in [5.41, 5.74) is 5.18. The van der Waals surface area contributed by atoms with Crippen molar-refractivity contribution in [1.82, 2.24) is 0 Å². The van der Waals surface area contributed by atoms with E-state index in [0.717, 1.165) is 5.75 Å². The maximum atomic E-state index is 5.20. The Balaban J connectivity index is 0.00000192. The van der Waals surface area contributed by atoms with Gasteiger partial charge in [-0.1, -0.05) is 30.3 Å². The molecule has 120 valence electrons. The SMILES string of the molecule is COc1ccc(/C=C/C2=[N+](C)c3ccccc3C2(C)C)cc1.[I-]. The van der Waals surface area contributed by atoms with E-state index < -0.39 is 0 Å². The van der Waals surface area contributed by atoms with Gasteiger partial charge in [-0.05, 0) is 37.6 Å². The van der Waals surface area contributed by atoms with Gasteiger partial charge in [-0.2, -0.15) is 4.58 Å². The minimum Gasteiger partial charge on any atom is -1.00 e. The van der Waals surface area contributed by atoms with Crippen LogP contribution in [0, 0.1) is 0 Å². The van der Waals surface area contributed by atoms with E-state index in [4.69, 9.17) is 4.74 Å². The van der Waals surface area contributed by atoms with Gasteiger partial charge in [-0.3, -0.25) is 0 Å². The summed E-state index contributed by atoms with van der Waals surface area (Å²) in [7, 11) is 3.83. The van der Waals surface area contributed by atoms with Crippen molar-refractivity contribution in [2.24, 2.45) is 0 Å². The van der Waals surface area contributed by atoms with Crippen molar-refractivity contribution >= 4 is 17.5 Å². The maximum Gasteiger partial charge on any atom is 0.209 e. The lowest BCUT2D eigenvalue weighted by molar-refractivity contribution is -0.401. The Bertz CT molecular complexity index is 757. The Hall–Kier alpha value is -1.62. The summed E-state index contributed by atoms with van der Waals surface area (Å²) in [6.07, 6.45) is 4.39. The average molecular weight is 419 g/mol. The van der Waals surface area contributed by atoms with E-state index >= 15 is 0 Å². The van der Waals surface area contributed by atoms with Gasteiger partial charge in [0, 0.05) is 17.7 Å². The van der Waals surface area contributed by atoms with Gasteiger partial charge in [0.2, 0.25) is 5.69 Å². The highest BCUT2D eigenvalue weighted by Crippen LogP contribution is 2.39. The molecule has 2 nitrogen and oxygen atoms in total. The normalized spacial score (nSPS) is 15.5. The number of halogens is 1. The van der Waals surface area contributed by atoms with Crippen molar-refractivity contribution in [2.75, 3.05) is 14.2 Å². The smallest absolute Gasteiger partial charge is 0.209 e. The first-order valence-corrected chi connectivity index (χ1v) is 7.57. The van der Waals surface area contributed by atoms with Crippen LogP contribution in [0.5, 0.6) is 5.75 Å². The van der Waals surface area contributed by atoms with Gasteiger partial charge in [-0.15, -0.1) is 0 Å². The largest absolute Gasteiger partial charge is 1.00 e. The predicted octanol–water partition coefficient (Wildman–Crippen LogP) is 1.42. The molecule has 0 N–H and O–H groups in total. The molecule has 0 fully saturated rings. The van der Waals surface area contributed by atoms with Crippen LogP contribution in [-0.2, 0) is 5.41 Å². The summed E-state index contributed by atoms with van der Waals surface area (Å²) in [6.45, 7) is 4.56. The molecule has 0 amide bonds. The summed E-state index contributed by atoms with van der Waals surface area (Å²) in [4.78, 5) is 0. The molecule has 1 heterocycles. The second kappa shape index (κ2) is 6.87. The second-order valence-corrected chi connectivity index (χ2v) is 6.19. The van der Waals surface area contributed by atoms with E-state index in [0.29, 0.717) is 0 Å². The molecule has 0 radical (unpaired) electrons. The van der Waals surface area contributed by atoms with E-state index in [1.807, 2.05) is 12.1 Å². The summed E-state index contributed by atoms with van der Waals surface area (Å²) in [6, 6.07) is 16.7. The van der Waals surface area contributed by atoms with Crippen LogP contribution in [0.4, 0.5) is 5.69 Å². The van der Waals surface area contributed by atoms with Crippen LogP contribution in [0.15, 0.2) is 54.6 Å². The van der Waals surface area contributed by atoms with Crippen LogP contribution >= 0.6 is 0 Å². The third kappa shape index (κ3) is 3.20. The quantitative estimate of drug-likeness (QED) is 0.542. The Labute approximate surface area is 155 Å².